The Hall–Kier alpha value is -2.77. The van der Waals surface area contributed by atoms with E-state index in [-0.39, 0.29) is 17.6 Å². The molecule has 0 saturated carbocycles. The summed E-state index contributed by atoms with van der Waals surface area (Å²) in [4.78, 5) is 28.9. The van der Waals surface area contributed by atoms with Crippen molar-refractivity contribution < 1.29 is 14.3 Å². The molecule has 2 amide bonds. The number of ether oxygens (including phenoxy) is 1. The molecule has 1 N–H and O–H groups in total. The second kappa shape index (κ2) is 14.8. The normalized spacial score (nSPS) is 11.7. The van der Waals surface area contributed by atoms with Gasteiger partial charge in [0.2, 0.25) is 11.8 Å². The zero-order valence-electron chi connectivity index (χ0n) is 21.7. The lowest BCUT2D eigenvalue weighted by Gasteiger charge is -2.32. The first-order chi connectivity index (χ1) is 17.9. The minimum Gasteiger partial charge on any atom is -0.497 e. The van der Waals surface area contributed by atoms with Crippen molar-refractivity contribution in [1.29, 1.82) is 0 Å². The monoisotopic (exact) mass is 582 g/mol. The summed E-state index contributed by atoms with van der Waals surface area (Å²) in [5.41, 5.74) is 3.08. The van der Waals surface area contributed by atoms with E-state index >= 15 is 0 Å². The summed E-state index contributed by atoms with van der Waals surface area (Å²) in [6, 6.07) is 25.0. The van der Waals surface area contributed by atoms with Crippen LogP contribution in [0.3, 0.4) is 0 Å². The summed E-state index contributed by atoms with van der Waals surface area (Å²) in [6.07, 6.45) is 0.442. The van der Waals surface area contributed by atoms with Crippen molar-refractivity contribution in [3.8, 4) is 5.75 Å². The number of hydrogen-bond donors (Lipinski definition) is 1. The van der Waals surface area contributed by atoms with Gasteiger partial charge in [-0.15, -0.1) is 11.8 Å². The molecule has 0 heterocycles. The molecule has 0 aliphatic carbocycles. The number of halogens is 1. The van der Waals surface area contributed by atoms with Crippen LogP contribution in [0.15, 0.2) is 83.3 Å². The van der Waals surface area contributed by atoms with Crippen molar-refractivity contribution in [3.63, 3.8) is 0 Å². The first kappa shape index (κ1) is 28.8. The second-order valence-electron chi connectivity index (χ2n) is 9.34. The molecular weight excluding hydrogens is 548 g/mol. The van der Waals surface area contributed by atoms with Gasteiger partial charge in [0, 0.05) is 29.7 Å². The molecule has 7 heteroatoms. The number of thioether (sulfide) groups is 1. The summed E-state index contributed by atoms with van der Waals surface area (Å²) in [7, 11) is 1.62. The largest absolute Gasteiger partial charge is 0.497 e. The highest BCUT2D eigenvalue weighted by molar-refractivity contribution is 9.10. The van der Waals surface area contributed by atoms with Gasteiger partial charge in [0.05, 0.1) is 12.9 Å². The minimum atomic E-state index is -0.631. The fourth-order valence-electron chi connectivity index (χ4n) is 3.86. The van der Waals surface area contributed by atoms with E-state index < -0.39 is 6.04 Å². The third-order valence-electron chi connectivity index (χ3n) is 5.85. The lowest BCUT2D eigenvalue weighted by Crippen LogP contribution is -2.51. The van der Waals surface area contributed by atoms with Crippen LogP contribution >= 0.6 is 27.7 Å². The van der Waals surface area contributed by atoms with E-state index in [1.165, 1.54) is 0 Å². The van der Waals surface area contributed by atoms with Crippen molar-refractivity contribution in [2.75, 3.05) is 19.4 Å². The van der Waals surface area contributed by atoms with Gasteiger partial charge in [-0.05, 0) is 46.9 Å². The summed E-state index contributed by atoms with van der Waals surface area (Å²) in [5.74, 6) is 1.83. The SMILES string of the molecule is COc1cccc(CN(C(=O)CSCc2ccc(Br)cc2)[C@@H](Cc2ccccc2)C(=O)NCC(C)C)c1. The predicted molar refractivity (Wildman–Crippen MR) is 156 cm³/mol. The zero-order chi connectivity index (χ0) is 26.6. The van der Waals surface area contributed by atoms with Gasteiger partial charge in [0.15, 0.2) is 0 Å². The molecular formula is C30H35BrN2O3S. The molecule has 0 unspecified atom stereocenters. The first-order valence-corrected chi connectivity index (χ1v) is 14.4. The van der Waals surface area contributed by atoms with Gasteiger partial charge in [-0.25, -0.2) is 0 Å². The number of nitrogens with one attached hydrogen (secondary N) is 1. The predicted octanol–water partition coefficient (Wildman–Crippen LogP) is 6.10. The van der Waals surface area contributed by atoms with Gasteiger partial charge in [0.25, 0.3) is 0 Å². The Bertz CT molecular complexity index is 1140. The maximum Gasteiger partial charge on any atom is 0.243 e. The lowest BCUT2D eigenvalue weighted by atomic mass is 10.0. The Kier molecular flexibility index (Phi) is 11.5. The Morgan fingerprint density at radius 1 is 0.946 bits per heavy atom. The molecule has 0 fully saturated rings. The van der Waals surface area contributed by atoms with E-state index in [2.05, 4.69) is 35.1 Å². The lowest BCUT2D eigenvalue weighted by molar-refractivity contribution is -0.139. The average Bonchev–Trinajstić information content (AvgIpc) is 2.91. The van der Waals surface area contributed by atoms with Crippen LogP contribution in [0.25, 0.3) is 0 Å². The molecule has 3 rings (SSSR count). The third-order valence-corrected chi connectivity index (χ3v) is 7.37. The van der Waals surface area contributed by atoms with Gasteiger partial charge < -0.3 is 15.0 Å². The summed E-state index contributed by atoms with van der Waals surface area (Å²) < 4.78 is 6.42. The van der Waals surface area contributed by atoms with Gasteiger partial charge in [-0.2, -0.15) is 0 Å². The molecule has 37 heavy (non-hydrogen) atoms. The van der Waals surface area contributed by atoms with Gasteiger partial charge >= 0.3 is 0 Å². The van der Waals surface area contributed by atoms with Crippen molar-refractivity contribution in [2.45, 2.75) is 38.6 Å². The molecule has 3 aromatic rings. The molecule has 5 nitrogen and oxygen atoms in total. The van der Waals surface area contributed by atoms with Crippen molar-refractivity contribution >= 4 is 39.5 Å². The Labute approximate surface area is 233 Å². The van der Waals surface area contributed by atoms with Crippen LogP contribution in [0.1, 0.15) is 30.5 Å². The van der Waals surface area contributed by atoms with Gasteiger partial charge in [-0.3, -0.25) is 9.59 Å². The number of carbonyl (C=O) groups is 2. The van der Waals surface area contributed by atoms with Crippen LogP contribution < -0.4 is 10.1 Å². The van der Waals surface area contributed by atoms with Crippen LogP contribution in [0.4, 0.5) is 0 Å². The second-order valence-corrected chi connectivity index (χ2v) is 11.2. The topological polar surface area (TPSA) is 58.6 Å². The van der Waals surface area contributed by atoms with E-state index in [0.29, 0.717) is 25.4 Å². The Morgan fingerprint density at radius 2 is 1.65 bits per heavy atom. The highest BCUT2D eigenvalue weighted by Crippen LogP contribution is 2.21. The van der Waals surface area contributed by atoms with E-state index in [0.717, 1.165) is 32.7 Å². The molecule has 3 aromatic carbocycles. The number of rotatable bonds is 13. The fourth-order valence-corrected chi connectivity index (χ4v) is 5.00. The molecule has 0 bridgehead atoms. The molecule has 0 saturated heterocycles. The molecule has 0 aliphatic rings. The van der Waals surface area contributed by atoms with Crippen LogP contribution in [0.5, 0.6) is 5.75 Å². The Morgan fingerprint density at radius 3 is 2.32 bits per heavy atom. The maximum atomic E-state index is 13.7. The first-order valence-electron chi connectivity index (χ1n) is 12.4. The zero-order valence-corrected chi connectivity index (χ0v) is 24.1. The maximum absolute atomic E-state index is 13.7. The molecule has 0 radical (unpaired) electrons. The van der Waals surface area contributed by atoms with E-state index in [1.54, 1.807) is 23.8 Å². The number of nitrogens with zero attached hydrogens (tertiary/aromatic N) is 1. The van der Waals surface area contributed by atoms with Crippen LogP contribution in [0, 0.1) is 5.92 Å². The molecule has 196 valence electrons. The smallest absolute Gasteiger partial charge is 0.243 e. The number of methoxy groups -OCH3 is 1. The molecule has 0 aliphatic heterocycles. The summed E-state index contributed by atoms with van der Waals surface area (Å²) in [5, 5.41) is 3.06. The molecule has 0 aromatic heterocycles. The van der Waals surface area contributed by atoms with Crippen LogP contribution in [0.2, 0.25) is 0 Å². The number of carbonyl (C=O) groups excluding carboxylic acids is 2. The van der Waals surface area contributed by atoms with Gasteiger partial charge in [-0.1, -0.05) is 84.4 Å². The Balaban J connectivity index is 1.85. The van der Waals surface area contributed by atoms with E-state index in [1.807, 2.05) is 78.9 Å². The minimum absolute atomic E-state index is 0.0643. The van der Waals surface area contributed by atoms with Gasteiger partial charge in [0.1, 0.15) is 11.8 Å². The average molecular weight is 584 g/mol. The summed E-state index contributed by atoms with van der Waals surface area (Å²) >= 11 is 5.02. The quantitative estimate of drug-likeness (QED) is 0.264. The third kappa shape index (κ3) is 9.56. The molecule has 0 spiro atoms. The fraction of sp³-hybridized carbons (Fsp3) is 0.333. The number of amides is 2. The highest BCUT2D eigenvalue weighted by atomic mass is 79.9. The van der Waals surface area contributed by atoms with Crippen LogP contribution in [-0.4, -0.2) is 42.2 Å². The number of benzene rings is 3. The standard InChI is InChI=1S/C30H35BrN2O3S/c1-22(2)18-32-30(35)28(17-23-8-5-4-6-9-23)33(19-25-10-7-11-27(16-25)36-3)29(34)21-37-20-24-12-14-26(31)15-13-24/h4-16,22,28H,17-21H2,1-3H3,(H,32,35)/t28-/m0/s1. The van der Waals surface area contributed by atoms with E-state index in [9.17, 15) is 9.59 Å². The van der Waals surface area contributed by atoms with Crippen molar-refractivity contribution in [3.05, 3.63) is 100 Å². The van der Waals surface area contributed by atoms with Crippen molar-refractivity contribution in [1.82, 2.24) is 10.2 Å². The highest BCUT2D eigenvalue weighted by Gasteiger charge is 2.30. The summed E-state index contributed by atoms with van der Waals surface area (Å²) in [6.45, 7) is 5.00. The van der Waals surface area contributed by atoms with E-state index in [4.69, 9.17) is 4.74 Å². The van der Waals surface area contributed by atoms with Crippen molar-refractivity contribution in [2.24, 2.45) is 5.92 Å². The number of hydrogen-bond acceptors (Lipinski definition) is 4. The molecule has 1 atom stereocenters. The van der Waals surface area contributed by atoms with Crippen LogP contribution in [-0.2, 0) is 28.3 Å².